The second-order valence-electron chi connectivity index (χ2n) is 3.59. The molecule has 0 N–H and O–H groups in total. The van der Waals surface area contributed by atoms with E-state index in [0.29, 0.717) is 6.42 Å². The van der Waals surface area contributed by atoms with Crippen LogP contribution in [0.25, 0.3) is 0 Å². The van der Waals surface area contributed by atoms with Gasteiger partial charge in [-0.1, -0.05) is 15.9 Å². The van der Waals surface area contributed by atoms with Crippen molar-refractivity contribution >= 4 is 21.7 Å². The van der Waals surface area contributed by atoms with Crippen molar-refractivity contribution in [2.75, 3.05) is 6.79 Å². The minimum atomic E-state index is 0.133. The molecular weight excluding hydrogens is 260 g/mol. The second kappa shape index (κ2) is 3.85. The normalized spacial score (nSPS) is 13.0. The third-order valence-corrected chi connectivity index (χ3v) is 3.44. The fourth-order valence-electron chi connectivity index (χ4n) is 1.65. The summed E-state index contributed by atoms with van der Waals surface area (Å²) in [5, 5.41) is 0. The average molecular weight is 271 g/mol. The largest absolute Gasteiger partial charge is 0.454 e. The fraction of sp³-hybridized carbons (Fsp3) is 0.364. The van der Waals surface area contributed by atoms with Crippen LogP contribution in [0.1, 0.15) is 18.1 Å². The molecule has 1 aliphatic rings. The summed E-state index contributed by atoms with van der Waals surface area (Å²) in [5.41, 5.74) is 1.94. The summed E-state index contributed by atoms with van der Waals surface area (Å²) in [4.78, 5) is 11.1. The molecule has 0 aliphatic carbocycles. The van der Waals surface area contributed by atoms with Crippen molar-refractivity contribution in [2.45, 2.75) is 20.3 Å². The minimum Gasteiger partial charge on any atom is -0.454 e. The van der Waals surface area contributed by atoms with Gasteiger partial charge in [-0.25, -0.2) is 0 Å². The number of rotatable bonds is 2. The van der Waals surface area contributed by atoms with Crippen molar-refractivity contribution in [2.24, 2.45) is 0 Å². The number of ether oxygens (including phenoxy) is 2. The fourth-order valence-corrected chi connectivity index (χ4v) is 2.08. The Balaban J connectivity index is 2.49. The number of hydrogen-bond acceptors (Lipinski definition) is 3. The van der Waals surface area contributed by atoms with Gasteiger partial charge >= 0.3 is 0 Å². The Hall–Kier alpha value is -1.03. The van der Waals surface area contributed by atoms with E-state index in [1.165, 1.54) is 0 Å². The van der Waals surface area contributed by atoms with Gasteiger partial charge in [0.2, 0.25) is 6.79 Å². The first kappa shape index (κ1) is 10.5. The summed E-state index contributed by atoms with van der Waals surface area (Å²) in [6.45, 7) is 3.78. The van der Waals surface area contributed by atoms with E-state index in [1.54, 1.807) is 6.92 Å². The van der Waals surface area contributed by atoms with E-state index < -0.39 is 0 Å². The topological polar surface area (TPSA) is 35.5 Å². The lowest BCUT2D eigenvalue weighted by atomic mass is 10.1. The first-order valence-corrected chi connectivity index (χ1v) is 5.46. The molecule has 0 spiro atoms. The zero-order valence-electron chi connectivity index (χ0n) is 8.59. The van der Waals surface area contributed by atoms with Crippen LogP contribution >= 0.6 is 15.9 Å². The minimum absolute atomic E-state index is 0.133. The molecule has 0 saturated heterocycles. The number of fused-ring (bicyclic) bond motifs is 1. The zero-order valence-corrected chi connectivity index (χ0v) is 10.2. The molecule has 1 heterocycles. The molecule has 0 radical (unpaired) electrons. The Bertz CT molecular complexity index is 426. The van der Waals surface area contributed by atoms with Crippen LogP contribution in [0.4, 0.5) is 0 Å². The molecule has 1 aromatic carbocycles. The molecular formula is C11H11BrO3. The van der Waals surface area contributed by atoms with Crippen LogP contribution < -0.4 is 9.47 Å². The first-order valence-electron chi connectivity index (χ1n) is 4.66. The zero-order chi connectivity index (χ0) is 11.0. The highest BCUT2D eigenvalue weighted by Crippen LogP contribution is 2.41. The SMILES string of the molecule is CC(=O)Cc1cc2c(c(C)c1Br)OCO2. The molecule has 0 atom stereocenters. The van der Waals surface area contributed by atoms with Gasteiger partial charge in [-0.2, -0.15) is 0 Å². The number of hydrogen-bond donors (Lipinski definition) is 0. The molecule has 0 fully saturated rings. The first-order chi connectivity index (χ1) is 7.09. The lowest BCUT2D eigenvalue weighted by molar-refractivity contribution is -0.116. The third-order valence-electron chi connectivity index (χ3n) is 2.34. The van der Waals surface area contributed by atoms with Crippen molar-refractivity contribution in [3.63, 3.8) is 0 Å². The van der Waals surface area contributed by atoms with Crippen molar-refractivity contribution in [3.05, 3.63) is 21.7 Å². The maximum absolute atomic E-state index is 11.1. The summed E-state index contributed by atoms with van der Waals surface area (Å²) in [7, 11) is 0. The van der Waals surface area contributed by atoms with Gasteiger partial charge in [0.05, 0.1) is 0 Å². The molecule has 0 amide bonds. The number of ketones is 1. The van der Waals surface area contributed by atoms with E-state index in [2.05, 4.69) is 15.9 Å². The van der Waals surface area contributed by atoms with Gasteiger partial charge in [0.15, 0.2) is 11.5 Å². The molecule has 1 aliphatic heterocycles. The summed E-state index contributed by atoms with van der Waals surface area (Å²) < 4.78 is 11.6. The van der Waals surface area contributed by atoms with Crippen LogP contribution in [0.2, 0.25) is 0 Å². The number of carbonyl (C=O) groups is 1. The van der Waals surface area contributed by atoms with Crippen LogP contribution in [-0.4, -0.2) is 12.6 Å². The summed E-state index contributed by atoms with van der Waals surface area (Å²) in [6, 6.07) is 1.86. The van der Waals surface area contributed by atoms with E-state index in [9.17, 15) is 4.79 Å². The van der Waals surface area contributed by atoms with E-state index >= 15 is 0 Å². The number of halogens is 1. The van der Waals surface area contributed by atoms with Gasteiger partial charge in [0.1, 0.15) is 5.78 Å². The highest BCUT2D eigenvalue weighted by molar-refractivity contribution is 9.10. The second-order valence-corrected chi connectivity index (χ2v) is 4.38. The highest BCUT2D eigenvalue weighted by atomic mass is 79.9. The molecule has 2 rings (SSSR count). The third kappa shape index (κ3) is 1.86. The molecule has 15 heavy (non-hydrogen) atoms. The molecule has 0 aromatic heterocycles. The molecule has 0 unspecified atom stereocenters. The van der Waals surface area contributed by atoms with E-state index in [0.717, 1.165) is 27.1 Å². The molecule has 80 valence electrons. The quantitative estimate of drug-likeness (QED) is 0.829. The van der Waals surface area contributed by atoms with Gasteiger partial charge < -0.3 is 9.47 Å². The van der Waals surface area contributed by atoms with Crippen LogP contribution in [0, 0.1) is 6.92 Å². The maximum Gasteiger partial charge on any atom is 0.231 e. The van der Waals surface area contributed by atoms with Crippen molar-refractivity contribution in [1.82, 2.24) is 0 Å². The lowest BCUT2D eigenvalue weighted by Crippen LogP contribution is -1.98. The molecule has 3 nitrogen and oxygen atoms in total. The summed E-state index contributed by atoms with van der Waals surface area (Å²) in [6.07, 6.45) is 0.415. The van der Waals surface area contributed by atoms with E-state index in [-0.39, 0.29) is 12.6 Å². The van der Waals surface area contributed by atoms with Crippen molar-refractivity contribution < 1.29 is 14.3 Å². The van der Waals surface area contributed by atoms with Crippen LogP contribution in [-0.2, 0) is 11.2 Å². The molecule has 1 aromatic rings. The molecule has 0 saturated carbocycles. The van der Waals surface area contributed by atoms with E-state index in [1.807, 2.05) is 13.0 Å². The van der Waals surface area contributed by atoms with Crippen LogP contribution in [0.3, 0.4) is 0 Å². The lowest BCUT2D eigenvalue weighted by Gasteiger charge is -2.08. The smallest absolute Gasteiger partial charge is 0.231 e. The van der Waals surface area contributed by atoms with Gasteiger partial charge in [0.25, 0.3) is 0 Å². The van der Waals surface area contributed by atoms with E-state index in [4.69, 9.17) is 9.47 Å². The summed E-state index contributed by atoms with van der Waals surface area (Å²) in [5.74, 6) is 1.63. The predicted molar refractivity (Wildman–Crippen MR) is 59.4 cm³/mol. The van der Waals surface area contributed by atoms with Gasteiger partial charge in [-0.15, -0.1) is 0 Å². The maximum atomic E-state index is 11.1. The average Bonchev–Trinajstić information content (AvgIpc) is 2.61. The Kier molecular flexibility index (Phi) is 2.69. The number of Topliss-reactive ketones (excluding diaryl/α,β-unsaturated/α-hetero) is 1. The highest BCUT2D eigenvalue weighted by Gasteiger charge is 2.20. The van der Waals surface area contributed by atoms with Crippen molar-refractivity contribution in [1.29, 1.82) is 0 Å². The van der Waals surface area contributed by atoms with Gasteiger partial charge in [0, 0.05) is 16.5 Å². The Morgan fingerprint density at radius 1 is 1.53 bits per heavy atom. The standard InChI is InChI=1S/C11H11BrO3/c1-6(13)3-8-4-9-11(15-5-14-9)7(2)10(8)12/h4H,3,5H2,1-2H3. The Morgan fingerprint density at radius 2 is 2.27 bits per heavy atom. The molecule has 0 bridgehead atoms. The van der Waals surface area contributed by atoms with Crippen LogP contribution in [0.5, 0.6) is 11.5 Å². The summed E-state index contributed by atoms with van der Waals surface area (Å²) >= 11 is 3.47. The Labute approximate surface area is 96.5 Å². The number of carbonyl (C=O) groups excluding carboxylic acids is 1. The number of benzene rings is 1. The van der Waals surface area contributed by atoms with Gasteiger partial charge in [-0.3, -0.25) is 4.79 Å². The molecule has 4 heteroatoms. The van der Waals surface area contributed by atoms with Gasteiger partial charge in [-0.05, 0) is 25.5 Å². The van der Waals surface area contributed by atoms with Crippen LogP contribution in [0.15, 0.2) is 10.5 Å². The van der Waals surface area contributed by atoms with Crippen molar-refractivity contribution in [3.8, 4) is 11.5 Å². The Morgan fingerprint density at radius 3 is 2.93 bits per heavy atom. The monoisotopic (exact) mass is 270 g/mol. The predicted octanol–water partition coefficient (Wildman–Crippen LogP) is 2.62.